The van der Waals surface area contributed by atoms with Gasteiger partial charge in [-0.2, -0.15) is 0 Å². The Morgan fingerprint density at radius 1 is 0.878 bits per heavy atom. The van der Waals surface area contributed by atoms with E-state index in [1.165, 1.54) is 32.1 Å². The number of rotatable bonds is 12. The first kappa shape index (κ1) is 30.6. The number of ether oxygens (including phenoxy) is 1. The lowest BCUT2D eigenvalue weighted by Gasteiger charge is -2.35. The lowest BCUT2D eigenvalue weighted by atomic mass is 9.87. The normalized spacial score (nSPS) is 16.1. The summed E-state index contributed by atoms with van der Waals surface area (Å²) in [6.07, 6.45) is 8.35. The van der Waals surface area contributed by atoms with Crippen molar-refractivity contribution in [1.82, 2.24) is 20.0 Å². The number of likely N-dealkylation sites (N-methyl/N-ethyl adjacent to an activating group) is 1. The molecule has 2 aliphatic rings. The van der Waals surface area contributed by atoms with E-state index in [1.807, 2.05) is 77.3 Å². The highest BCUT2D eigenvalue weighted by Gasteiger charge is 2.25. The van der Waals surface area contributed by atoms with Gasteiger partial charge in [0, 0.05) is 44.8 Å². The van der Waals surface area contributed by atoms with E-state index < -0.39 is 0 Å². The average Bonchev–Trinajstić information content (AvgIpc) is 2.98. The smallest absolute Gasteiger partial charge is 0.254 e. The third-order valence-corrected chi connectivity index (χ3v) is 8.14. The van der Waals surface area contributed by atoms with Crippen molar-refractivity contribution in [3.63, 3.8) is 0 Å². The van der Waals surface area contributed by atoms with Gasteiger partial charge >= 0.3 is 0 Å². The number of nitrogens with zero attached hydrogens (tertiary/aromatic N) is 3. The largest absolute Gasteiger partial charge is 0.494 e. The summed E-state index contributed by atoms with van der Waals surface area (Å²) in [5.74, 6) is 1.55. The van der Waals surface area contributed by atoms with Crippen LogP contribution < -0.4 is 10.1 Å². The maximum atomic E-state index is 13.2. The van der Waals surface area contributed by atoms with Gasteiger partial charge in [-0.05, 0) is 55.8 Å². The molecule has 1 N–H and O–H groups in total. The molecule has 1 aliphatic carbocycles. The fourth-order valence-corrected chi connectivity index (χ4v) is 5.61. The van der Waals surface area contributed by atoms with Crippen molar-refractivity contribution in [1.29, 1.82) is 0 Å². The molecule has 2 aromatic rings. The number of hydrogen-bond donors (Lipinski definition) is 1. The Balaban J connectivity index is 1.18. The quantitative estimate of drug-likeness (QED) is 0.426. The molecule has 1 saturated carbocycles. The van der Waals surface area contributed by atoms with Gasteiger partial charge in [0.2, 0.25) is 11.8 Å². The van der Waals surface area contributed by atoms with E-state index in [-0.39, 0.29) is 17.7 Å². The summed E-state index contributed by atoms with van der Waals surface area (Å²) in [5.41, 5.74) is 2.48. The van der Waals surface area contributed by atoms with Crippen molar-refractivity contribution in [2.45, 2.75) is 51.4 Å². The van der Waals surface area contributed by atoms with Crippen LogP contribution in [0.15, 0.2) is 48.5 Å². The van der Waals surface area contributed by atoms with Crippen LogP contribution in [0.3, 0.4) is 0 Å². The summed E-state index contributed by atoms with van der Waals surface area (Å²) in [4.78, 5) is 43.9. The van der Waals surface area contributed by atoms with Gasteiger partial charge in [0.25, 0.3) is 5.91 Å². The summed E-state index contributed by atoms with van der Waals surface area (Å²) in [6, 6.07) is 15.2. The third kappa shape index (κ3) is 9.88. The molecule has 8 nitrogen and oxygen atoms in total. The monoisotopic (exact) mass is 562 g/mol. The topological polar surface area (TPSA) is 82.2 Å². The molecule has 2 aromatic carbocycles. The minimum Gasteiger partial charge on any atom is -0.494 e. The Hall–Kier alpha value is -3.39. The van der Waals surface area contributed by atoms with Crippen LogP contribution in [0.4, 0.5) is 0 Å². The molecule has 0 spiro atoms. The molecule has 222 valence electrons. The van der Waals surface area contributed by atoms with E-state index in [0.29, 0.717) is 57.7 Å². The van der Waals surface area contributed by atoms with Crippen LogP contribution in [0.2, 0.25) is 0 Å². The Bertz CT molecular complexity index is 1140. The maximum Gasteiger partial charge on any atom is 0.254 e. The van der Waals surface area contributed by atoms with Gasteiger partial charge in [-0.3, -0.25) is 14.4 Å². The molecule has 0 aromatic heterocycles. The van der Waals surface area contributed by atoms with Gasteiger partial charge in [0.05, 0.1) is 19.4 Å². The molecule has 3 amide bonds. The second-order valence-electron chi connectivity index (χ2n) is 11.7. The number of carbonyl (C=O) groups excluding carboxylic acids is 3. The van der Waals surface area contributed by atoms with E-state index >= 15 is 0 Å². The standard InChI is InChI=1S/C33H46N4O4/c1-35(2)17-16-34-31(38)23-27-11-13-28(14-12-27)24-32(39)36-18-20-37(21-19-36)33(40)29-9-6-10-30(25-29)41-22-15-26-7-4-3-5-8-26/h6,9-14,25-26H,3-5,7-8,15-24H2,1-2H3,(H,34,38). The number of nitrogens with one attached hydrogen (secondary N) is 1. The van der Waals surface area contributed by atoms with Crippen LogP contribution in [0.25, 0.3) is 0 Å². The van der Waals surface area contributed by atoms with E-state index in [2.05, 4.69) is 5.32 Å². The molecule has 1 heterocycles. The molecule has 1 saturated heterocycles. The minimum absolute atomic E-state index is 0.00277. The Kier molecular flexibility index (Phi) is 11.6. The molecule has 0 bridgehead atoms. The summed E-state index contributed by atoms with van der Waals surface area (Å²) < 4.78 is 6.00. The van der Waals surface area contributed by atoms with E-state index in [9.17, 15) is 14.4 Å². The number of hydrogen-bond acceptors (Lipinski definition) is 5. The zero-order valence-corrected chi connectivity index (χ0v) is 24.8. The molecule has 8 heteroatoms. The van der Waals surface area contributed by atoms with Crippen molar-refractivity contribution >= 4 is 17.7 Å². The highest BCUT2D eigenvalue weighted by atomic mass is 16.5. The SMILES string of the molecule is CN(C)CCNC(=O)Cc1ccc(CC(=O)N2CCN(C(=O)c3cccc(OCCC4CCCCC4)c3)CC2)cc1. The van der Waals surface area contributed by atoms with Crippen molar-refractivity contribution in [3.05, 3.63) is 65.2 Å². The Labute approximate surface area is 245 Å². The summed E-state index contributed by atoms with van der Waals surface area (Å²) in [5, 5.41) is 2.92. The summed E-state index contributed by atoms with van der Waals surface area (Å²) in [6.45, 7) is 4.19. The maximum absolute atomic E-state index is 13.2. The molecule has 2 fully saturated rings. The molecule has 0 radical (unpaired) electrons. The van der Waals surface area contributed by atoms with Gasteiger partial charge in [-0.1, -0.05) is 62.4 Å². The Morgan fingerprint density at radius 2 is 1.54 bits per heavy atom. The van der Waals surface area contributed by atoms with Crippen LogP contribution in [-0.4, -0.2) is 92.4 Å². The van der Waals surface area contributed by atoms with Crippen LogP contribution in [-0.2, 0) is 22.4 Å². The molecule has 1 aliphatic heterocycles. The van der Waals surface area contributed by atoms with Crippen LogP contribution in [0.1, 0.15) is 60.0 Å². The molecular formula is C33H46N4O4. The van der Waals surface area contributed by atoms with Crippen LogP contribution in [0, 0.1) is 5.92 Å². The van der Waals surface area contributed by atoms with E-state index in [1.54, 1.807) is 0 Å². The fraction of sp³-hybridized carbons (Fsp3) is 0.545. The first-order chi connectivity index (χ1) is 19.9. The van der Waals surface area contributed by atoms with Crippen molar-refractivity contribution in [2.24, 2.45) is 5.92 Å². The zero-order chi connectivity index (χ0) is 29.0. The predicted molar refractivity (Wildman–Crippen MR) is 161 cm³/mol. The highest BCUT2D eigenvalue weighted by Crippen LogP contribution is 2.26. The summed E-state index contributed by atoms with van der Waals surface area (Å²) >= 11 is 0. The van der Waals surface area contributed by atoms with Crippen LogP contribution >= 0.6 is 0 Å². The predicted octanol–water partition coefficient (Wildman–Crippen LogP) is 3.78. The van der Waals surface area contributed by atoms with Gasteiger partial charge in [-0.25, -0.2) is 0 Å². The number of piperazine rings is 1. The third-order valence-electron chi connectivity index (χ3n) is 8.14. The van der Waals surface area contributed by atoms with Gasteiger partial charge in [0.15, 0.2) is 0 Å². The lowest BCUT2D eigenvalue weighted by molar-refractivity contribution is -0.132. The molecule has 4 rings (SSSR count). The number of benzene rings is 2. The minimum atomic E-state index is -0.0174. The first-order valence-corrected chi connectivity index (χ1v) is 15.2. The van der Waals surface area contributed by atoms with Crippen molar-refractivity contribution in [3.8, 4) is 5.75 Å². The van der Waals surface area contributed by atoms with Gasteiger partial charge < -0.3 is 24.8 Å². The van der Waals surface area contributed by atoms with Gasteiger partial charge in [-0.15, -0.1) is 0 Å². The fourth-order valence-electron chi connectivity index (χ4n) is 5.61. The van der Waals surface area contributed by atoms with E-state index in [0.717, 1.165) is 35.8 Å². The zero-order valence-electron chi connectivity index (χ0n) is 24.8. The number of carbonyl (C=O) groups is 3. The molecule has 0 unspecified atom stereocenters. The van der Waals surface area contributed by atoms with E-state index in [4.69, 9.17) is 4.74 Å². The van der Waals surface area contributed by atoms with Crippen molar-refractivity contribution < 1.29 is 19.1 Å². The first-order valence-electron chi connectivity index (χ1n) is 15.2. The second kappa shape index (κ2) is 15.6. The highest BCUT2D eigenvalue weighted by molar-refractivity contribution is 5.94. The van der Waals surface area contributed by atoms with Crippen molar-refractivity contribution in [2.75, 3.05) is 60.0 Å². The Morgan fingerprint density at radius 3 is 2.22 bits per heavy atom. The summed E-state index contributed by atoms with van der Waals surface area (Å²) in [7, 11) is 3.95. The number of amides is 3. The van der Waals surface area contributed by atoms with Gasteiger partial charge in [0.1, 0.15) is 5.75 Å². The second-order valence-corrected chi connectivity index (χ2v) is 11.7. The molecular weight excluding hydrogens is 516 g/mol. The molecule has 0 atom stereocenters. The average molecular weight is 563 g/mol. The lowest BCUT2D eigenvalue weighted by Crippen LogP contribution is -2.51. The molecule has 41 heavy (non-hydrogen) atoms. The van der Waals surface area contributed by atoms with Crippen LogP contribution in [0.5, 0.6) is 5.75 Å².